The van der Waals surface area contributed by atoms with Crippen molar-refractivity contribution in [3.8, 4) is 0 Å². The molecule has 1 aromatic rings. The predicted molar refractivity (Wildman–Crippen MR) is 57.0 cm³/mol. The van der Waals surface area contributed by atoms with Gasteiger partial charge >= 0.3 is 0 Å². The molecule has 0 amide bonds. The number of nitrogens with two attached hydrogens (primary N) is 1. The van der Waals surface area contributed by atoms with Crippen LogP contribution in [0, 0.1) is 5.82 Å². The van der Waals surface area contributed by atoms with Crippen molar-refractivity contribution in [3.05, 3.63) is 35.1 Å². The highest BCUT2D eigenvalue weighted by Gasteiger charge is 2.21. The van der Waals surface area contributed by atoms with Gasteiger partial charge in [0, 0.05) is 5.56 Å². The number of hydrogen-bond donors (Lipinski definition) is 4. The van der Waals surface area contributed by atoms with Gasteiger partial charge in [0.1, 0.15) is 11.9 Å². The van der Waals surface area contributed by atoms with Crippen LogP contribution in [0.25, 0.3) is 0 Å². The summed E-state index contributed by atoms with van der Waals surface area (Å²) in [6, 6.07) is 3.90. The molecule has 2 unspecified atom stereocenters. The summed E-state index contributed by atoms with van der Waals surface area (Å²) in [5.41, 5.74) is 5.70. The van der Waals surface area contributed by atoms with Crippen LogP contribution in [0.3, 0.4) is 0 Å². The fourth-order valence-electron chi connectivity index (χ4n) is 1.45. The summed E-state index contributed by atoms with van der Waals surface area (Å²) in [5, 5.41) is 28.1. The van der Waals surface area contributed by atoms with Gasteiger partial charge in [0.05, 0.1) is 12.7 Å². The number of halogens is 1. The zero-order valence-electron chi connectivity index (χ0n) is 8.81. The highest BCUT2D eigenvalue weighted by atomic mass is 19.1. The van der Waals surface area contributed by atoms with Crippen LogP contribution in [-0.2, 0) is 6.61 Å². The summed E-state index contributed by atoms with van der Waals surface area (Å²) in [6.07, 6.45) is -2.24. The topological polar surface area (TPSA) is 86.7 Å². The SMILES string of the molecule is NCCC(O)C(O)c1cc(CO)ccc1F. The van der Waals surface area contributed by atoms with Crippen molar-refractivity contribution in [2.45, 2.75) is 25.2 Å². The highest BCUT2D eigenvalue weighted by Crippen LogP contribution is 2.23. The third kappa shape index (κ3) is 2.99. The Balaban J connectivity index is 2.92. The summed E-state index contributed by atoms with van der Waals surface area (Å²) >= 11 is 0. The average molecular weight is 229 g/mol. The molecule has 0 bridgehead atoms. The van der Waals surface area contributed by atoms with Crippen molar-refractivity contribution in [2.24, 2.45) is 5.73 Å². The minimum atomic E-state index is -1.32. The molecule has 0 saturated carbocycles. The van der Waals surface area contributed by atoms with E-state index in [-0.39, 0.29) is 25.1 Å². The molecule has 0 spiro atoms. The quantitative estimate of drug-likeness (QED) is 0.575. The Kier molecular flexibility index (Phi) is 4.82. The lowest BCUT2D eigenvalue weighted by Gasteiger charge is -2.18. The van der Waals surface area contributed by atoms with Gasteiger partial charge in [-0.1, -0.05) is 6.07 Å². The van der Waals surface area contributed by atoms with E-state index in [0.29, 0.717) is 5.56 Å². The van der Waals surface area contributed by atoms with E-state index in [1.807, 2.05) is 0 Å². The van der Waals surface area contributed by atoms with Gasteiger partial charge in [-0.2, -0.15) is 0 Å². The Bertz CT molecular complexity index is 346. The smallest absolute Gasteiger partial charge is 0.129 e. The van der Waals surface area contributed by atoms with E-state index in [0.717, 1.165) is 6.07 Å². The Morgan fingerprint density at radius 1 is 1.31 bits per heavy atom. The molecule has 16 heavy (non-hydrogen) atoms. The molecule has 0 fully saturated rings. The van der Waals surface area contributed by atoms with E-state index in [9.17, 15) is 14.6 Å². The van der Waals surface area contributed by atoms with Gasteiger partial charge in [0.25, 0.3) is 0 Å². The maximum Gasteiger partial charge on any atom is 0.129 e. The second-order valence-corrected chi connectivity index (χ2v) is 3.60. The Hall–Kier alpha value is -1.01. The van der Waals surface area contributed by atoms with Crippen molar-refractivity contribution in [2.75, 3.05) is 6.54 Å². The van der Waals surface area contributed by atoms with E-state index in [2.05, 4.69) is 0 Å². The van der Waals surface area contributed by atoms with E-state index in [1.54, 1.807) is 0 Å². The van der Waals surface area contributed by atoms with Crippen LogP contribution in [0.1, 0.15) is 23.7 Å². The predicted octanol–water partition coefficient (Wildman–Crippen LogP) is 0.0611. The first-order valence-electron chi connectivity index (χ1n) is 5.05. The average Bonchev–Trinajstić information content (AvgIpc) is 2.29. The third-order valence-corrected chi connectivity index (χ3v) is 2.39. The lowest BCUT2D eigenvalue weighted by molar-refractivity contribution is 0.0129. The normalized spacial score (nSPS) is 14.8. The molecule has 2 atom stereocenters. The van der Waals surface area contributed by atoms with Crippen LogP contribution in [-0.4, -0.2) is 28.0 Å². The molecular weight excluding hydrogens is 213 g/mol. The van der Waals surface area contributed by atoms with Crippen molar-refractivity contribution in [1.82, 2.24) is 0 Å². The molecular formula is C11H16FNO3. The van der Waals surface area contributed by atoms with Crippen molar-refractivity contribution in [3.63, 3.8) is 0 Å². The molecule has 0 aromatic heterocycles. The molecule has 0 aliphatic carbocycles. The van der Waals surface area contributed by atoms with Crippen LogP contribution in [0.5, 0.6) is 0 Å². The maximum absolute atomic E-state index is 13.4. The van der Waals surface area contributed by atoms with Gasteiger partial charge < -0.3 is 21.1 Å². The molecule has 0 saturated heterocycles. The Morgan fingerprint density at radius 2 is 2.00 bits per heavy atom. The van der Waals surface area contributed by atoms with Gasteiger partial charge in [-0.15, -0.1) is 0 Å². The number of rotatable bonds is 5. The largest absolute Gasteiger partial charge is 0.392 e. The van der Waals surface area contributed by atoms with E-state index in [1.165, 1.54) is 12.1 Å². The van der Waals surface area contributed by atoms with E-state index in [4.69, 9.17) is 10.8 Å². The van der Waals surface area contributed by atoms with Crippen molar-refractivity contribution in [1.29, 1.82) is 0 Å². The summed E-state index contributed by atoms with van der Waals surface area (Å²) in [4.78, 5) is 0. The minimum absolute atomic E-state index is 0.0208. The van der Waals surface area contributed by atoms with Crippen molar-refractivity contribution < 1.29 is 19.7 Å². The monoisotopic (exact) mass is 229 g/mol. The van der Waals surface area contributed by atoms with Crippen molar-refractivity contribution >= 4 is 0 Å². The number of aliphatic hydroxyl groups excluding tert-OH is 3. The summed E-state index contributed by atoms with van der Waals surface area (Å²) in [6.45, 7) is -0.0352. The molecule has 1 rings (SSSR count). The zero-order chi connectivity index (χ0) is 12.1. The molecule has 0 aliphatic rings. The van der Waals surface area contributed by atoms with Crippen LogP contribution < -0.4 is 5.73 Å². The first-order valence-corrected chi connectivity index (χ1v) is 5.05. The van der Waals surface area contributed by atoms with Gasteiger partial charge in [0.2, 0.25) is 0 Å². The molecule has 90 valence electrons. The molecule has 0 heterocycles. The van der Waals surface area contributed by atoms with Crippen LogP contribution in [0.15, 0.2) is 18.2 Å². The van der Waals surface area contributed by atoms with Crippen LogP contribution in [0.4, 0.5) is 4.39 Å². The first kappa shape index (κ1) is 13.1. The zero-order valence-corrected chi connectivity index (χ0v) is 8.81. The molecule has 5 N–H and O–H groups in total. The molecule has 4 nitrogen and oxygen atoms in total. The first-order chi connectivity index (χ1) is 7.60. The van der Waals surface area contributed by atoms with Crippen LogP contribution >= 0.6 is 0 Å². The Labute approximate surface area is 93.1 Å². The van der Waals surface area contributed by atoms with E-state index < -0.39 is 18.0 Å². The highest BCUT2D eigenvalue weighted by molar-refractivity contribution is 5.27. The summed E-state index contributed by atoms with van der Waals surface area (Å²) in [7, 11) is 0. The lowest BCUT2D eigenvalue weighted by Crippen LogP contribution is -2.22. The number of hydrogen-bond acceptors (Lipinski definition) is 4. The minimum Gasteiger partial charge on any atom is -0.392 e. The second-order valence-electron chi connectivity index (χ2n) is 3.60. The maximum atomic E-state index is 13.4. The van der Waals surface area contributed by atoms with Crippen LogP contribution in [0.2, 0.25) is 0 Å². The van der Waals surface area contributed by atoms with Gasteiger partial charge in [-0.3, -0.25) is 0 Å². The van der Waals surface area contributed by atoms with Gasteiger partial charge in [-0.25, -0.2) is 4.39 Å². The fourth-order valence-corrected chi connectivity index (χ4v) is 1.45. The Morgan fingerprint density at radius 3 is 2.56 bits per heavy atom. The van der Waals surface area contributed by atoms with Gasteiger partial charge in [-0.05, 0) is 30.7 Å². The molecule has 0 radical (unpaired) electrons. The lowest BCUT2D eigenvalue weighted by atomic mass is 9.99. The molecule has 0 aliphatic heterocycles. The summed E-state index contributed by atoms with van der Waals surface area (Å²) < 4.78 is 13.4. The molecule has 5 heteroatoms. The summed E-state index contributed by atoms with van der Waals surface area (Å²) in [5.74, 6) is -0.610. The third-order valence-electron chi connectivity index (χ3n) is 2.39. The standard InChI is InChI=1S/C11H16FNO3/c12-9-2-1-7(6-14)5-8(9)11(16)10(15)3-4-13/h1-2,5,10-11,14-16H,3-4,6,13H2. The second kappa shape index (κ2) is 5.91. The fraction of sp³-hybridized carbons (Fsp3) is 0.455. The van der Waals surface area contributed by atoms with Gasteiger partial charge in [0.15, 0.2) is 0 Å². The number of benzene rings is 1. The molecule has 1 aromatic carbocycles. The van der Waals surface area contributed by atoms with E-state index >= 15 is 0 Å². The number of aliphatic hydroxyl groups is 3.